The Morgan fingerprint density at radius 3 is 2.68 bits per heavy atom. The second-order valence-corrected chi connectivity index (χ2v) is 5.37. The van der Waals surface area contributed by atoms with E-state index < -0.39 is 0 Å². The zero-order valence-electron chi connectivity index (χ0n) is 12.6. The highest BCUT2D eigenvalue weighted by atomic mass is 16.6. The van der Waals surface area contributed by atoms with Crippen LogP contribution in [0.3, 0.4) is 0 Å². The number of rotatable bonds is 8. The standard InChI is InChI=1S/C14H28N2O3/c1-4-19-14(17)12-18-10-9-16(3)11-13-5-7-15(2)8-6-13/h13H,4-12H2,1-3H3. The first-order valence-corrected chi connectivity index (χ1v) is 7.22. The average molecular weight is 272 g/mol. The van der Waals surface area contributed by atoms with Crippen molar-refractivity contribution in [3.63, 3.8) is 0 Å². The van der Waals surface area contributed by atoms with Gasteiger partial charge in [0.15, 0.2) is 0 Å². The van der Waals surface area contributed by atoms with Gasteiger partial charge in [0, 0.05) is 13.1 Å². The molecule has 0 aromatic heterocycles. The minimum atomic E-state index is -0.277. The number of likely N-dealkylation sites (N-methyl/N-ethyl adjacent to an activating group) is 1. The largest absolute Gasteiger partial charge is 0.464 e. The Balaban J connectivity index is 2.01. The monoisotopic (exact) mass is 272 g/mol. The molecule has 0 unspecified atom stereocenters. The number of nitrogens with zero attached hydrogens (tertiary/aromatic N) is 2. The number of piperidine rings is 1. The molecule has 0 spiro atoms. The van der Waals surface area contributed by atoms with Crippen molar-refractivity contribution in [2.45, 2.75) is 19.8 Å². The molecule has 0 bridgehead atoms. The maximum atomic E-state index is 11.1. The minimum absolute atomic E-state index is 0.0654. The molecule has 19 heavy (non-hydrogen) atoms. The molecule has 112 valence electrons. The van der Waals surface area contributed by atoms with Crippen LogP contribution < -0.4 is 0 Å². The van der Waals surface area contributed by atoms with Gasteiger partial charge in [-0.15, -0.1) is 0 Å². The fraction of sp³-hybridized carbons (Fsp3) is 0.929. The summed E-state index contributed by atoms with van der Waals surface area (Å²) in [5, 5.41) is 0. The van der Waals surface area contributed by atoms with Crippen molar-refractivity contribution in [2.24, 2.45) is 5.92 Å². The smallest absolute Gasteiger partial charge is 0.332 e. The molecule has 0 amide bonds. The predicted octanol–water partition coefficient (Wildman–Crippen LogP) is 0.840. The number of hydrogen-bond donors (Lipinski definition) is 0. The second kappa shape index (κ2) is 9.28. The number of carbonyl (C=O) groups excluding carboxylic acids is 1. The topological polar surface area (TPSA) is 42.0 Å². The van der Waals surface area contributed by atoms with Crippen LogP contribution in [0.2, 0.25) is 0 Å². The molecular weight excluding hydrogens is 244 g/mol. The molecule has 1 saturated heterocycles. The van der Waals surface area contributed by atoms with Gasteiger partial charge in [-0.1, -0.05) is 0 Å². The molecule has 1 aliphatic rings. The maximum absolute atomic E-state index is 11.1. The molecule has 0 atom stereocenters. The van der Waals surface area contributed by atoms with Crippen LogP contribution in [-0.4, -0.2) is 75.9 Å². The zero-order valence-corrected chi connectivity index (χ0v) is 12.6. The number of hydrogen-bond acceptors (Lipinski definition) is 5. The molecule has 0 aliphatic carbocycles. The third-order valence-corrected chi connectivity index (χ3v) is 3.55. The van der Waals surface area contributed by atoms with E-state index >= 15 is 0 Å². The molecule has 0 N–H and O–H groups in total. The summed E-state index contributed by atoms with van der Waals surface area (Å²) in [4.78, 5) is 15.8. The van der Waals surface area contributed by atoms with Crippen LogP contribution in [0.15, 0.2) is 0 Å². The van der Waals surface area contributed by atoms with Gasteiger partial charge in [0.1, 0.15) is 6.61 Å². The molecule has 1 aliphatic heterocycles. The van der Waals surface area contributed by atoms with E-state index in [0.717, 1.165) is 19.0 Å². The highest BCUT2D eigenvalue weighted by molar-refractivity contribution is 5.70. The number of ether oxygens (including phenoxy) is 2. The SMILES string of the molecule is CCOC(=O)COCCN(C)CC1CCN(C)CC1. The Labute approximate surface area is 116 Å². The van der Waals surface area contributed by atoms with Crippen molar-refractivity contribution >= 4 is 5.97 Å². The number of esters is 1. The Morgan fingerprint density at radius 2 is 2.05 bits per heavy atom. The number of carbonyl (C=O) groups is 1. The van der Waals surface area contributed by atoms with E-state index in [9.17, 15) is 4.79 Å². The van der Waals surface area contributed by atoms with Gasteiger partial charge in [0.2, 0.25) is 0 Å². The average Bonchev–Trinajstić information content (AvgIpc) is 2.38. The Hall–Kier alpha value is -0.650. The quantitative estimate of drug-likeness (QED) is 0.484. The molecule has 1 fully saturated rings. The lowest BCUT2D eigenvalue weighted by atomic mass is 9.97. The lowest BCUT2D eigenvalue weighted by molar-refractivity contribution is -0.148. The van der Waals surface area contributed by atoms with Crippen molar-refractivity contribution < 1.29 is 14.3 Å². The first-order chi connectivity index (χ1) is 9.11. The van der Waals surface area contributed by atoms with E-state index in [1.807, 2.05) is 0 Å². The molecule has 1 heterocycles. The lowest BCUT2D eigenvalue weighted by Crippen LogP contribution is -2.36. The van der Waals surface area contributed by atoms with Crippen molar-refractivity contribution in [1.29, 1.82) is 0 Å². The van der Waals surface area contributed by atoms with Gasteiger partial charge in [0.05, 0.1) is 13.2 Å². The summed E-state index contributed by atoms with van der Waals surface area (Å²) in [6.07, 6.45) is 2.56. The molecule has 0 aromatic rings. The van der Waals surface area contributed by atoms with E-state index in [1.165, 1.54) is 25.9 Å². The summed E-state index contributed by atoms with van der Waals surface area (Å²) < 4.78 is 10.1. The fourth-order valence-corrected chi connectivity index (χ4v) is 2.36. The Kier molecular flexibility index (Phi) is 8.02. The summed E-state index contributed by atoms with van der Waals surface area (Å²) in [6.45, 7) is 7.27. The Morgan fingerprint density at radius 1 is 1.37 bits per heavy atom. The molecular formula is C14H28N2O3. The third kappa shape index (κ3) is 7.50. The summed E-state index contributed by atoms with van der Waals surface area (Å²) in [6, 6.07) is 0. The zero-order chi connectivity index (χ0) is 14.1. The molecule has 0 radical (unpaired) electrons. The maximum Gasteiger partial charge on any atom is 0.332 e. The second-order valence-electron chi connectivity index (χ2n) is 5.37. The van der Waals surface area contributed by atoms with Gasteiger partial charge < -0.3 is 19.3 Å². The van der Waals surface area contributed by atoms with Crippen LogP contribution in [0, 0.1) is 5.92 Å². The van der Waals surface area contributed by atoms with Gasteiger partial charge >= 0.3 is 5.97 Å². The molecule has 0 saturated carbocycles. The first-order valence-electron chi connectivity index (χ1n) is 7.22. The van der Waals surface area contributed by atoms with Gasteiger partial charge in [-0.2, -0.15) is 0 Å². The first kappa shape index (κ1) is 16.4. The van der Waals surface area contributed by atoms with Gasteiger partial charge in [0.25, 0.3) is 0 Å². The summed E-state index contributed by atoms with van der Waals surface area (Å²) in [5.41, 5.74) is 0. The van der Waals surface area contributed by atoms with Gasteiger partial charge in [-0.05, 0) is 52.9 Å². The summed E-state index contributed by atoms with van der Waals surface area (Å²) >= 11 is 0. The summed E-state index contributed by atoms with van der Waals surface area (Å²) in [5.74, 6) is 0.520. The summed E-state index contributed by atoms with van der Waals surface area (Å²) in [7, 11) is 4.30. The van der Waals surface area contributed by atoms with Crippen molar-refractivity contribution in [3.05, 3.63) is 0 Å². The Bertz CT molecular complexity index is 253. The normalized spacial score (nSPS) is 17.9. The van der Waals surface area contributed by atoms with Crippen molar-refractivity contribution in [2.75, 3.05) is 60.1 Å². The van der Waals surface area contributed by atoms with Crippen LogP contribution in [0.5, 0.6) is 0 Å². The molecule has 5 heteroatoms. The van der Waals surface area contributed by atoms with Crippen LogP contribution in [0.1, 0.15) is 19.8 Å². The van der Waals surface area contributed by atoms with E-state index in [-0.39, 0.29) is 12.6 Å². The van der Waals surface area contributed by atoms with Crippen molar-refractivity contribution in [1.82, 2.24) is 9.80 Å². The highest BCUT2D eigenvalue weighted by Gasteiger charge is 2.17. The van der Waals surface area contributed by atoms with Crippen LogP contribution in [-0.2, 0) is 14.3 Å². The van der Waals surface area contributed by atoms with Gasteiger partial charge in [-0.25, -0.2) is 4.79 Å². The van der Waals surface area contributed by atoms with Crippen LogP contribution in [0.4, 0.5) is 0 Å². The lowest BCUT2D eigenvalue weighted by Gasteiger charge is -2.31. The number of likely N-dealkylation sites (tertiary alicyclic amines) is 1. The molecule has 5 nitrogen and oxygen atoms in total. The van der Waals surface area contributed by atoms with Crippen LogP contribution >= 0.6 is 0 Å². The third-order valence-electron chi connectivity index (χ3n) is 3.55. The molecule has 0 aromatic carbocycles. The van der Waals surface area contributed by atoms with E-state index in [0.29, 0.717) is 13.2 Å². The molecule has 1 rings (SSSR count). The van der Waals surface area contributed by atoms with E-state index in [1.54, 1.807) is 6.92 Å². The van der Waals surface area contributed by atoms with Crippen molar-refractivity contribution in [3.8, 4) is 0 Å². The fourth-order valence-electron chi connectivity index (χ4n) is 2.36. The predicted molar refractivity (Wildman–Crippen MR) is 75.2 cm³/mol. The van der Waals surface area contributed by atoms with Gasteiger partial charge in [-0.3, -0.25) is 0 Å². The van der Waals surface area contributed by atoms with E-state index in [4.69, 9.17) is 9.47 Å². The minimum Gasteiger partial charge on any atom is -0.464 e. The highest BCUT2D eigenvalue weighted by Crippen LogP contribution is 2.16. The van der Waals surface area contributed by atoms with E-state index in [2.05, 4.69) is 23.9 Å². The van der Waals surface area contributed by atoms with Crippen LogP contribution in [0.25, 0.3) is 0 Å².